The van der Waals surface area contributed by atoms with Gasteiger partial charge < -0.3 is 19.2 Å². The molecule has 0 fully saturated rings. The number of nitrogens with one attached hydrogen (secondary N) is 1. The Balaban J connectivity index is 1.35. The number of carbonyl (C=O) groups excluding carboxylic acids is 1. The Bertz CT molecular complexity index is 2190. The lowest BCUT2D eigenvalue weighted by Gasteiger charge is -2.15. The van der Waals surface area contributed by atoms with Crippen LogP contribution in [-0.2, 0) is 4.79 Å². The van der Waals surface area contributed by atoms with Crippen molar-refractivity contribution in [2.45, 2.75) is 6.92 Å². The molecule has 0 unspecified atom stereocenters. The monoisotopic (exact) mass is 748 g/mol. The summed E-state index contributed by atoms with van der Waals surface area (Å²) in [6, 6.07) is 23.2. The molecule has 6 rings (SSSR count). The van der Waals surface area contributed by atoms with Crippen molar-refractivity contribution in [2.75, 3.05) is 19.0 Å². The quantitative estimate of drug-likeness (QED) is 0.157. The molecule has 0 aliphatic heterocycles. The van der Waals surface area contributed by atoms with Gasteiger partial charge in [-0.15, -0.1) is 0 Å². The number of rotatable bonds is 8. The fourth-order valence-corrected chi connectivity index (χ4v) is 5.77. The van der Waals surface area contributed by atoms with E-state index in [0.717, 1.165) is 10.9 Å². The normalized spacial score (nSPS) is 11.4. The second kappa shape index (κ2) is 12.9. The molecule has 0 saturated carbocycles. The summed E-state index contributed by atoms with van der Waals surface area (Å²) in [5, 5.41) is 9.10. The van der Waals surface area contributed by atoms with Crippen molar-refractivity contribution < 1.29 is 18.7 Å². The summed E-state index contributed by atoms with van der Waals surface area (Å²) in [5.74, 6) is 0.881. The van der Waals surface area contributed by atoms with E-state index in [1.165, 1.54) is 18.0 Å². The van der Waals surface area contributed by atoms with Crippen LogP contribution in [0.25, 0.3) is 33.5 Å². The minimum atomic E-state index is -0.382. The van der Waals surface area contributed by atoms with E-state index in [4.69, 9.17) is 30.5 Å². The third-order valence-corrected chi connectivity index (χ3v) is 9.29. The van der Waals surface area contributed by atoms with E-state index in [1.54, 1.807) is 54.6 Å². The topological polar surface area (TPSA) is 108 Å². The van der Waals surface area contributed by atoms with E-state index >= 15 is 0 Å². The van der Waals surface area contributed by atoms with Crippen LogP contribution in [-0.4, -0.2) is 35.5 Å². The smallest absolute Gasteiger partial charge is 0.282 e. The third kappa shape index (κ3) is 6.24. The molecule has 0 radical (unpaired) electrons. The maximum absolute atomic E-state index is 13.7. The van der Waals surface area contributed by atoms with Crippen LogP contribution >= 0.6 is 43.5 Å². The molecule has 0 aliphatic rings. The maximum atomic E-state index is 13.7. The van der Waals surface area contributed by atoms with Gasteiger partial charge in [0.1, 0.15) is 5.58 Å². The highest BCUT2D eigenvalue weighted by Crippen LogP contribution is 2.42. The molecule has 4 aromatic carbocycles. The summed E-state index contributed by atoms with van der Waals surface area (Å²) in [6.07, 6.45) is 1.49. The van der Waals surface area contributed by atoms with Gasteiger partial charge in [0.15, 0.2) is 23.9 Å². The molecule has 6 aromatic rings. The summed E-state index contributed by atoms with van der Waals surface area (Å²) in [6.45, 7) is 1.65. The van der Waals surface area contributed by atoms with Crippen LogP contribution in [0.1, 0.15) is 11.1 Å². The summed E-state index contributed by atoms with van der Waals surface area (Å²) < 4.78 is 19.7. The minimum absolute atomic E-state index is 0.212. The molecule has 1 amide bonds. The van der Waals surface area contributed by atoms with Crippen LogP contribution in [0.4, 0.5) is 5.69 Å². The van der Waals surface area contributed by atoms with E-state index in [2.05, 4.69) is 42.3 Å². The van der Waals surface area contributed by atoms with Crippen LogP contribution in [0.3, 0.4) is 0 Å². The van der Waals surface area contributed by atoms with Crippen molar-refractivity contribution in [1.82, 2.24) is 9.66 Å². The number of hydrogen-bond donors (Lipinski definition) is 1. The standard InChI is InChI=1S/C33H23Br2ClN4O5/c1-18-7-3-5-9-23(18)38-28(41)17-44-31-26(43-2)15-20(29(34)30(31)35)16-37-40-32(39-24-10-6-4-8-22(24)33(40)42)27-14-19-13-21(36)11-12-25(19)45-27/h3-16H,17H2,1-2H3,(H,38,41). The number of halogens is 3. The number of para-hydroxylation sites is 2. The number of benzene rings is 4. The van der Waals surface area contributed by atoms with E-state index < -0.39 is 0 Å². The first-order valence-corrected chi connectivity index (χ1v) is 15.5. The van der Waals surface area contributed by atoms with Crippen LogP contribution in [0.15, 0.2) is 102 Å². The van der Waals surface area contributed by atoms with E-state index in [9.17, 15) is 9.59 Å². The molecule has 0 saturated heterocycles. The average molecular weight is 751 g/mol. The Morgan fingerprint density at radius 1 is 1.07 bits per heavy atom. The molecule has 0 aliphatic carbocycles. The molecule has 2 heterocycles. The van der Waals surface area contributed by atoms with Crippen molar-refractivity contribution >= 4 is 83.1 Å². The zero-order valence-corrected chi connectivity index (χ0v) is 27.7. The summed E-state index contributed by atoms with van der Waals surface area (Å²) >= 11 is 13.3. The number of methoxy groups -OCH3 is 1. The van der Waals surface area contributed by atoms with Crippen LogP contribution in [0.5, 0.6) is 11.5 Å². The van der Waals surface area contributed by atoms with Crippen molar-refractivity contribution in [2.24, 2.45) is 5.10 Å². The molecule has 45 heavy (non-hydrogen) atoms. The molecule has 0 atom stereocenters. The van der Waals surface area contributed by atoms with E-state index in [0.29, 0.717) is 59.0 Å². The van der Waals surface area contributed by atoms with Crippen LogP contribution in [0, 0.1) is 6.92 Å². The minimum Gasteiger partial charge on any atom is -0.493 e. The predicted molar refractivity (Wildman–Crippen MR) is 183 cm³/mol. The van der Waals surface area contributed by atoms with Gasteiger partial charge in [0.25, 0.3) is 11.5 Å². The Hall–Kier alpha value is -4.45. The summed E-state index contributed by atoms with van der Waals surface area (Å²) in [5.41, 5.74) is 2.90. The van der Waals surface area contributed by atoms with Gasteiger partial charge in [0.2, 0.25) is 5.82 Å². The fourth-order valence-electron chi connectivity index (χ4n) is 4.66. The first-order valence-electron chi connectivity index (χ1n) is 13.5. The molecule has 1 N–H and O–H groups in total. The van der Waals surface area contributed by atoms with Crippen LogP contribution in [0.2, 0.25) is 5.02 Å². The zero-order valence-electron chi connectivity index (χ0n) is 23.8. The number of nitrogens with zero attached hydrogens (tertiary/aromatic N) is 3. The highest BCUT2D eigenvalue weighted by atomic mass is 79.9. The second-order valence-electron chi connectivity index (χ2n) is 9.88. The van der Waals surface area contributed by atoms with Gasteiger partial charge in [-0.1, -0.05) is 41.9 Å². The summed E-state index contributed by atoms with van der Waals surface area (Å²) in [4.78, 5) is 31.0. The number of ether oxygens (including phenoxy) is 2. The lowest BCUT2D eigenvalue weighted by atomic mass is 10.2. The van der Waals surface area contributed by atoms with E-state index in [1.807, 2.05) is 31.2 Å². The first kappa shape index (κ1) is 30.6. The number of fused-ring (bicyclic) bond motifs is 2. The fraction of sp³-hybridized carbons (Fsp3) is 0.0909. The number of carbonyl (C=O) groups is 1. The molecular formula is C33H23Br2ClN4O5. The summed E-state index contributed by atoms with van der Waals surface area (Å²) in [7, 11) is 1.49. The zero-order chi connectivity index (χ0) is 31.7. The Morgan fingerprint density at radius 2 is 1.84 bits per heavy atom. The average Bonchev–Trinajstić information content (AvgIpc) is 3.46. The molecular weight excluding hydrogens is 728 g/mol. The molecule has 12 heteroatoms. The van der Waals surface area contributed by atoms with Crippen molar-refractivity contribution in [3.63, 3.8) is 0 Å². The molecule has 0 spiro atoms. The number of hydrogen-bond acceptors (Lipinski definition) is 7. The van der Waals surface area contributed by atoms with Gasteiger partial charge in [0.05, 0.1) is 28.7 Å². The van der Waals surface area contributed by atoms with Gasteiger partial charge in [-0.2, -0.15) is 9.78 Å². The van der Waals surface area contributed by atoms with Gasteiger partial charge in [0, 0.05) is 26.1 Å². The SMILES string of the molecule is COc1cc(C=Nn2c(-c3cc4cc(Cl)ccc4o3)nc3ccccc3c2=O)c(Br)c(Br)c1OCC(=O)Nc1ccccc1C. The maximum Gasteiger partial charge on any atom is 0.282 e. The largest absolute Gasteiger partial charge is 0.493 e. The van der Waals surface area contributed by atoms with Crippen molar-refractivity contribution in [1.29, 1.82) is 0 Å². The van der Waals surface area contributed by atoms with Gasteiger partial charge in [-0.05, 0) is 92.9 Å². The lowest BCUT2D eigenvalue weighted by molar-refractivity contribution is -0.118. The first-order chi connectivity index (χ1) is 21.7. The number of anilines is 1. The molecule has 226 valence electrons. The highest BCUT2D eigenvalue weighted by molar-refractivity contribution is 9.13. The van der Waals surface area contributed by atoms with Crippen molar-refractivity contribution in [3.05, 3.63) is 114 Å². The Morgan fingerprint density at radius 3 is 2.64 bits per heavy atom. The van der Waals surface area contributed by atoms with Gasteiger partial charge in [-0.25, -0.2) is 4.98 Å². The van der Waals surface area contributed by atoms with Gasteiger partial charge >= 0.3 is 0 Å². The Labute approximate surface area is 278 Å². The van der Waals surface area contributed by atoms with E-state index in [-0.39, 0.29) is 23.9 Å². The number of aryl methyl sites for hydroxylation is 1. The van der Waals surface area contributed by atoms with Crippen molar-refractivity contribution in [3.8, 4) is 23.1 Å². The van der Waals surface area contributed by atoms with Crippen LogP contribution < -0.4 is 20.3 Å². The predicted octanol–water partition coefficient (Wildman–Crippen LogP) is 8.20. The lowest BCUT2D eigenvalue weighted by Crippen LogP contribution is -2.21. The second-order valence-corrected chi connectivity index (χ2v) is 11.9. The number of amides is 1. The molecule has 0 bridgehead atoms. The number of furan rings is 1. The van der Waals surface area contributed by atoms with Gasteiger partial charge in [-0.3, -0.25) is 9.59 Å². The Kier molecular flexibility index (Phi) is 8.75. The highest BCUT2D eigenvalue weighted by Gasteiger charge is 2.20. The molecule has 2 aromatic heterocycles. The molecule has 9 nitrogen and oxygen atoms in total. The number of aromatic nitrogens is 2. The third-order valence-electron chi connectivity index (χ3n) is 6.91.